The zero-order valence-electron chi connectivity index (χ0n) is 12.6. The van der Waals surface area contributed by atoms with Crippen molar-refractivity contribution in [2.24, 2.45) is 5.41 Å². The van der Waals surface area contributed by atoms with Crippen molar-refractivity contribution in [2.45, 2.75) is 88.5 Å². The monoisotopic (exact) mass is 204 g/mol. The van der Waals surface area contributed by atoms with Gasteiger partial charge < -0.3 is 0 Å². The summed E-state index contributed by atoms with van der Waals surface area (Å²) in [5.41, 5.74) is 0.583. The van der Waals surface area contributed by atoms with E-state index in [0.717, 1.165) is 0 Å². The standard InChI is InChI=1S/C7H16.C3H8.2C2H6/c1-5-7(3,4)6-2;1-3-2;2*1-2/h5-6H2,1-4H3;3H2,1-2H3;2*1-2H3. The van der Waals surface area contributed by atoms with Gasteiger partial charge in [-0.3, -0.25) is 0 Å². The topological polar surface area (TPSA) is 0 Å². The summed E-state index contributed by atoms with van der Waals surface area (Å²) in [5, 5.41) is 0. The van der Waals surface area contributed by atoms with Crippen LogP contribution in [0.2, 0.25) is 0 Å². The zero-order valence-corrected chi connectivity index (χ0v) is 12.6. The quantitative estimate of drug-likeness (QED) is 0.495. The van der Waals surface area contributed by atoms with Gasteiger partial charge in [0.05, 0.1) is 0 Å². The number of rotatable bonds is 2. The molecule has 0 aliphatic heterocycles. The van der Waals surface area contributed by atoms with E-state index < -0.39 is 0 Å². The molecule has 0 aliphatic carbocycles. The summed E-state index contributed by atoms with van der Waals surface area (Å²) >= 11 is 0. The fraction of sp³-hybridized carbons (Fsp3) is 1.00. The molecule has 0 bridgehead atoms. The van der Waals surface area contributed by atoms with E-state index in [9.17, 15) is 0 Å². The van der Waals surface area contributed by atoms with Crippen LogP contribution in [-0.4, -0.2) is 0 Å². The van der Waals surface area contributed by atoms with Crippen molar-refractivity contribution in [3.8, 4) is 0 Å². The molecular formula is C14H36. The fourth-order valence-corrected chi connectivity index (χ4v) is 0.250. The molecule has 0 saturated heterocycles. The summed E-state index contributed by atoms with van der Waals surface area (Å²) < 4.78 is 0. The molecule has 0 heteroatoms. The maximum absolute atomic E-state index is 2.30. The highest BCUT2D eigenvalue weighted by molar-refractivity contribution is 4.61. The van der Waals surface area contributed by atoms with Gasteiger partial charge in [-0.15, -0.1) is 0 Å². The van der Waals surface area contributed by atoms with Crippen LogP contribution in [-0.2, 0) is 0 Å². The molecule has 0 unspecified atom stereocenters. The highest BCUT2D eigenvalue weighted by Crippen LogP contribution is 2.22. The van der Waals surface area contributed by atoms with E-state index in [2.05, 4.69) is 41.5 Å². The third kappa shape index (κ3) is 40.3. The van der Waals surface area contributed by atoms with Crippen molar-refractivity contribution in [3.63, 3.8) is 0 Å². The summed E-state index contributed by atoms with van der Waals surface area (Å²) in [7, 11) is 0. The maximum atomic E-state index is 2.30. The van der Waals surface area contributed by atoms with Crippen LogP contribution in [0.25, 0.3) is 0 Å². The smallest absolute Gasteiger partial charge is 0.0359 e. The molecule has 0 aliphatic rings. The Morgan fingerprint density at radius 3 is 0.786 bits per heavy atom. The molecule has 0 atom stereocenters. The van der Waals surface area contributed by atoms with Crippen LogP contribution in [0.5, 0.6) is 0 Å². The molecule has 0 heterocycles. The molecule has 0 spiro atoms. The van der Waals surface area contributed by atoms with Gasteiger partial charge in [0.2, 0.25) is 0 Å². The SMILES string of the molecule is CC.CC.CCC.CCC(C)(C)CC. The first-order chi connectivity index (χ1) is 6.54. The molecule has 0 N–H and O–H groups in total. The number of hydrogen-bond donors (Lipinski definition) is 0. The Morgan fingerprint density at radius 1 is 0.643 bits per heavy atom. The summed E-state index contributed by atoms with van der Waals surface area (Å²) in [5.74, 6) is 0. The lowest BCUT2D eigenvalue weighted by atomic mass is 9.88. The van der Waals surface area contributed by atoms with Crippen molar-refractivity contribution >= 4 is 0 Å². The summed E-state index contributed by atoms with van der Waals surface area (Å²) in [6, 6.07) is 0. The second kappa shape index (κ2) is 23.1. The van der Waals surface area contributed by atoms with Crippen LogP contribution in [0.15, 0.2) is 0 Å². The van der Waals surface area contributed by atoms with Crippen molar-refractivity contribution in [2.75, 3.05) is 0 Å². The van der Waals surface area contributed by atoms with Gasteiger partial charge in [-0.05, 0) is 5.41 Å². The van der Waals surface area contributed by atoms with Gasteiger partial charge in [-0.1, -0.05) is 88.5 Å². The first-order valence-electron chi connectivity index (χ1n) is 6.54. The van der Waals surface area contributed by atoms with Crippen molar-refractivity contribution in [1.82, 2.24) is 0 Å². The van der Waals surface area contributed by atoms with Crippen molar-refractivity contribution in [1.29, 1.82) is 0 Å². The molecule has 0 rings (SSSR count). The summed E-state index contributed by atoms with van der Waals surface area (Å²) in [4.78, 5) is 0. The molecule has 0 aromatic heterocycles. The Kier molecular flexibility index (Phi) is 39.1. The molecule has 92 valence electrons. The largest absolute Gasteiger partial charge is 0.0683 e. The Morgan fingerprint density at radius 2 is 0.786 bits per heavy atom. The number of hydrogen-bond acceptors (Lipinski definition) is 0. The Labute approximate surface area is 94.5 Å². The Hall–Kier alpha value is 0. The van der Waals surface area contributed by atoms with E-state index in [1.165, 1.54) is 19.3 Å². The van der Waals surface area contributed by atoms with Gasteiger partial charge in [0.25, 0.3) is 0 Å². The molecule has 0 aromatic carbocycles. The molecule has 0 nitrogen and oxygen atoms in total. The highest BCUT2D eigenvalue weighted by Gasteiger charge is 2.09. The third-order valence-corrected chi connectivity index (χ3v) is 1.91. The molecule has 0 amide bonds. The van der Waals surface area contributed by atoms with E-state index in [0.29, 0.717) is 5.41 Å². The summed E-state index contributed by atoms with van der Waals surface area (Å²) in [6.07, 6.45) is 3.84. The van der Waals surface area contributed by atoms with Gasteiger partial charge in [0.15, 0.2) is 0 Å². The third-order valence-electron chi connectivity index (χ3n) is 1.91. The zero-order chi connectivity index (χ0) is 12.6. The van der Waals surface area contributed by atoms with Crippen LogP contribution in [0.4, 0.5) is 0 Å². The van der Waals surface area contributed by atoms with Crippen LogP contribution < -0.4 is 0 Å². The van der Waals surface area contributed by atoms with Gasteiger partial charge in [-0.25, -0.2) is 0 Å². The maximum Gasteiger partial charge on any atom is -0.0359 e. The molecule has 14 heavy (non-hydrogen) atoms. The first kappa shape index (κ1) is 23.7. The predicted octanol–water partition coefficient (Wildman–Crippen LogP) is 6.30. The Bertz CT molecular complexity index is 47.1. The second-order valence-corrected chi connectivity index (χ2v) is 3.58. The van der Waals surface area contributed by atoms with E-state index in [1.54, 1.807) is 0 Å². The highest BCUT2D eigenvalue weighted by atomic mass is 14.1. The Balaban J connectivity index is -0.0000000603. The molecule has 0 radical (unpaired) electrons. The van der Waals surface area contributed by atoms with E-state index in [-0.39, 0.29) is 0 Å². The lowest BCUT2D eigenvalue weighted by Crippen LogP contribution is -2.05. The molecule has 0 aromatic rings. The molecule has 0 fully saturated rings. The minimum Gasteiger partial charge on any atom is -0.0683 e. The average molecular weight is 204 g/mol. The van der Waals surface area contributed by atoms with E-state index >= 15 is 0 Å². The van der Waals surface area contributed by atoms with Crippen LogP contribution >= 0.6 is 0 Å². The van der Waals surface area contributed by atoms with Crippen LogP contribution in [0.1, 0.15) is 88.5 Å². The normalized spacial score (nSPS) is 8.14. The van der Waals surface area contributed by atoms with Crippen LogP contribution in [0, 0.1) is 5.41 Å². The fourth-order valence-electron chi connectivity index (χ4n) is 0.250. The molecule has 0 saturated carbocycles. The predicted molar refractivity (Wildman–Crippen MR) is 73.0 cm³/mol. The van der Waals surface area contributed by atoms with Gasteiger partial charge in [0, 0.05) is 0 Å². The van der Waals surface area contributed by atoms with Crippen molar-refractivity contribution in [3.05, 3.63) is 0 Å². The second-order valence-electron chi connectivity index (χ2n) is 3.58. The van der Waals surface area contributed by atoms with Crippen LogP contribution in [0.3, 0.4) is 0 Å². The minimum atomic E-state index is 0.583. The minimum absolute atomic E-state index is 0.583. The summed E-state index contributed by atoms with van der Waals surface area (Å²) in [6.45, 7) is 21.3. The van der Waals surface area contributed by atoms with E-state index in [4.69, 9.17) is 0 Å². The first-order valence-corrected chi connectivity index (χ1v) is 6.54. The lowest BCUT2D eigenvalue weighted by Gasteiger charge is -2.18. The molecular weight excluding hydrogens is 168 g/mol. The average Bonchev–Trinajstić information content (AvgIpc) is 2.25. The van der Waals surface area contributed by atoms with Gasteiger partial charge >= 0.3 is 0 Å². The lowest BCUT2D eigenvalue weighted by molar-refractivity contribution is 0.338. The van der Waals surface area contributed by atoms with Gasteiger partial charge in [0.1, 0.15) is 0 Å². The van der Waals surface area contributed by atoms with Crippen molar-refractivity contribution < 1.29 is 0 Å². The van der Waals surface area contributed by atoms with E-state index in [1.807, 2.05) is 27.7 Å². The van der Waals surface area contributed by atoms with Gasteiger partial charge in [-0.2, -0.15) is 0 Å².